The standard InChI is InChI=1S/C27H35N3O2/c1-26(2,3)21-28-18-15-27(16-19-28)24(31)29(20-23-12-8-5-9-13-23)25(32)30(27)17-14-22-10-6-4-7-11-22/h4-13H,14-21H2,1-3H3. The number of urea groups is 1. The van der Waals surface area contributed by atoms with Crippen LogP contribution in [0.25, 0.3) is 0 Å². The number of hydrogen-bond acceptors (Lipinski definition) is 3. The molecule has 2 aromatic rings. The highest BCUT2D eigenvalue weighted by Gasteiger charge is 2.57. The monoisotopic (exact) mass is 433 g/mol. The van der Waals surface area contributed by atoms with Gasteiger partial charge in [0.15, 0.2) is 0 Å². The molecule has 2 saturated heterocycles. The Morgan fingerprint density at radius 3 is 1.97 bits per heavy atom. The fourth-order valence-electron chi connectivity index (χ4n) is 5.12. The fraction of sp³-hybridized carbons (Fsp3) is 0.481. The minimum Gasteiger partial charge on any atom is -0.309 e. The van der Waals surface area contributed by atoms with Gasteiger partial charge in [0.1, 0.15) is 5.54 Å². The first-order valence-electron chi connectivity index (χ1n) is 11.7. The van der Waals surface area contributed by atoms with Gasteiger partial charge >= 0.3 is 6.03 Å². The summed E-state index contributed by atoms with van der Waals surface area (Å²) < 4.78 is 0. The lowest BCUT2D eigenvalue weighted by molar-refractivity contribution is -0.136. The predicted octanol–water partition coefficient (Wildman–Crippen LogP) is 4.57. The van der Waals surface area contributed by atoms with E-state index < -0.39 is 5.54 Å². The molecule has 0 aromatic heterocycles. The highest BCUT2D eigenvalue weighted by atomic mass is 16.2. The van der Waals surface area contributed by atoms with Gasteiger partial charge in [-0.1, -0.05) is 81.4 Å². The van der Waals surface area contributed by atoms with Crippen molar-refractivity contribution in [2.75, 3.05) is 26.2 Å². The van der Waals surface area contributed by atoms with Crippen LogP contribution in [0.1, 0.15) is 44.7 Å². The van der Waals surface area contributed by atoms with Gasteiger partial charge in [0.25, 0.3) is 5.91 Å². The molecule has 5 heteroatoms. The van der Waals surface area contributed by atoms with E-state index in [1.54, 1.807) is 0 Å². The van der Waals surface area contributed by atoms with Crippen molar-refractivity contribution in [3.63, 3.8) is 0 Å². The van der Waals surface area contributed by atoms with Crippen LogP contribution in [-0.2, 0) is 17.8 Å². The molecule has 0 atom stereocenters. The van der Waals surface area contributed by atoms with Crippen molar-refractivity contribution >= 4 is 11.9 Å². The smallest absolute Gasteiger partial charge is 0.309 e. The molecule has 0 aliphatic carbocycles. The molecule has 4 rings (SSSR count). The molecule has 2 heterocycles. The quantitative estimate of drug-likeness (QED) is 0.627. The number of hydrogen-bond donors (Lipinski definition) is 0. The Morgan fingerprint density at radius 1 is 0.844 bits per heavy atom. The van der Waals surface area contributed by atoms with E-state index in [0.717, 1.165) is 31.6 Å². The van der Waals surface area contributed by atoms with E-state index in [4.69, 9.17) is 0 Å². The van der Waals surface area contributed by atoms with Crippen LogP contribution < -0.4 is 0 Å². The molecular formula is C27H35N3O2. The van der Waals surface area contributed by atoms with Gasteiger partial charge in [-0.25, -0.2) is 4.79 Å². The molecule has 32 heavy (non-hydrogen) atoms. The summed E-state index contributed by atoms with van der Waals surface area (Å²) in [5.41, 5.74) is 1.68. The minimum absolute atomic E-state index is 0.0187. The molecule has 0 saturated carbocycles. The lowest BCUT2D eigenvalue weighted by Gasteiger charge is -2.43. The van der Waals surface area contributed by atoms with Crippen LogP contribution in [0.3, 0.4) is 0 Å². The number of benzene rings is 2. The Hall–Kier alpha value is -2.66. The number of amides is 3. The Balaban J connectivity index is 1.56. The third-order valence-electron chi connectivity index (χ3n) is 6.65. The summed E-state index contributed by atoms with van der Waals surface area (Å²) in [5, 5.41) is 0. The second-order valence-electron chi connectivity index (χ2n) is 10.4. The second kappa shape index (κ2) is 9.07. The predicted molar refractivity (Wildman–Crippen MR) is 127 cm³/mol. The lowest BCUT2D eigenvalue weighted by Crippen LogP contribution is -2.57. The molecule has 2 fully saturated rings. The Morgan fingerprint density at radius 2 is 1.41 bits per heavy atom. The van der Waals surface area contributed by atoms with E-state index in [-0.39, 0.29) is 17.4 Å². The topological polar surface area (TPSA) is 43.9 Å². The molecule has 1 spiro atoms. The van der Waals surface area contributed by atoms with Gasteiger partial charge in [0, 0.05) is 26.2 Å². The van der Waals surface area contributed by atoms with E-state index in [0.29, 0.717) is 25.9 Å². The van der Waals surface area contributed by atoms with Crippen molar-refractivity contribution in [3.8, 4) is 0 Å². The zero-order chi connectivity index (χ0) is 22.8. The van der Waals surface area contributed by atoms with Gasteiger partial charge in [0.05, 0.1) is 6.54 Å². The molecule has 170 valence electrons. The van der Waals surface area contributed by atoms with Crippen molar-refractivity contribution < 1.29 is 9.59 Å². The molecule has 2 aliphatic heterocycles. The Kier molecular flexibility index (Phi) is 6.38. The van der Waals surface area contributed by atoms with Crippen molar-refractivity contribution in [1.82, 2.24) is 14.7 Å². The van der Waals surface area contributed by atoms with Crippen LogP contribution in [0, 0.1) is 5.41 Å². The largest absolute Gasteiger partial charge is 0.328 e. The number of piperidine rings is 1. The lowest BCUT2D eigenvalue weighted by atomic mass is 9.84. The Labute approximate surface area is 192 Å². The summed E-state index contributed by atoms with van der Waals surface area (Å²) in [5.74, 6) is -0.0187. The highest BCUT2D eigenvalue weighted by molar-refractivity contribution is 6.07. The Bertz CT molecular complexity index is 928. The van der Waals surface area contributed by atoms with E-state index >= 15 is 0 Å². The van der Waals surface area contributed by atoms with Crippen LogP contribution in [0.2, 0.25) is 0 Å². The van der Waals surface area contributed by atoms with Crippen LogP contribution in [0.15, 0.2) is 60.7 Å². The van der Waals surface area contributed by atoms with Gasteiger partial charge in [-0.15, -0.1) is 0 Å². The molecule has 2 aromatic carbocycles. The molecule has 0 radical (unpaired) electrons. The molecule has 3 amide bonds. The molecule has 2 aliphatic rings. The van der Waals surface area contributed by atoms with Crippen LogP contribution >= 0.6 is 0 Å². The molecular weight excluding hydrogens is 398 g/mol. The molecule has 5 nitrogen and oxygen atoms in total. The van der Waals surface area contributed by atoms with Gasteiger partial charge in [-0.05, 0) is 35.8 Å². The maximum Gasteiger partial charge on any atom is 0.328 e. The first-order chi connectivity index (χ1) is 15.3. The number of carbonyl (C=O) groups excluding carboxylic acids is 2. The van der Waals surface area contributed by atoms with Crippen molar-refractivity contribution in [2.45, 2.75) is 52.1 Å². The van der Waals surface area contributed by atoms with Gasteiger partial charge in [0.2, 0.25) is 0 Å². The highest BCUT2D eigenvalue weighted by Crippen LogP contribution is 2.38. The van der Waals surface area contributed by atoms with E-state index in [1.165, 1.54) is 10.5 Å². The van der Waals surface area contributed by atoms with Crippen molar-refractivity contribution in [2.24, 2.45) is 5.41 Å². The van der Waals surface area contributed by atoms with Crippen molar-refractivity contribution in [3.05, 3.63) is 71.8 Å². The average molecular weight is 434 g/mol. The van der Waals surface area contributed by atoms with Gasteiger partial charge in [-0.3, -0.25) is 9.69 Å². The maximum atomic E-state index is 13.8. The summed E-state index contributed by atoms with van der Waals surface area (Å²) in [6, 6.07) is 19.9. The number of imide groups is 1. The maximum absolute atomic E-state index is 13.8. The molecule has 0 N–H and O–H groups in total. The summed E-state index contributed by atoms with van der Waals surface area (Å²) in [6.07, 6.45) is 2.16. The normalized spacial score (nSPS) is 19.2. The van der Waals surface area contributed by atoms with Crippen LogP contribution in [-0.4, -0.2) is 58.4 Å². The number of likely N-dealkylation sites (tertiary alicyclic amines) is 1. The fourth-order valence-corrected chi connectivity index (χ4v) is 5.12. The summed E-state index contributed by atoms with van der Waals surface area (Å²) in [4.78, 5) is 33.1. The first kappa shape index (κ1) is 22.5. The zero-order valence-electron chi connectivity index (χ0n) is 19.6. The SMILES string of the molecule is CC(C)(C)CN1CCC2(CC1)C(=O)N(Cc1ccccc1)C(=O)N2CCc1ccccc1. The summed E-state index contributed by atoms with van der Waals surface area (Å²) >= 11 is 0. The van der Waals surface area contributed by atoms with E-state index in [9.17, 15) is 9.59 Å². The van der Waals surface area contributed by atoms with E-state index in [1.807, 2.05) is 53.4 Å². The third-order valence-corrected chi connectivity index (χ3v) is 6.65. The molecule has 0 bridgehead atoms. The van der Waals surface area contributed by atoms with E-state index in [2.05, 4.69) is 37.8 Å². The molecule has 0 unspecified atom stereocenters. The number of rotatable bonds is 6. The first-order valence-corrected chi connectivity index (χ1v) is 11.7. The van der Waals surface area contributed by atoms with Crippen molar-refractivity contribution in [1.29, 1.82) is 0 Å². The second-order valence-corrected chi connectivity index (χ2v) is 10.4. The van der Waals surface area contributed by atoms with Crippen LogP contribution in [0.5, 0.6) is 0 Å². The zero-order valence-corrected chi connectivity index (χ0v) is 19.6. The summed E-state index contributed by atoms with van der Waals surface area (Å²) in [7, 11) is 0. The minimum atomic E-state index is -0.713. The number of nitrogens with zero attached hydrogens (tertiary/aromatic N) is 3. The van der Waals surface area contributed by atoms with Crippen LogP contribution in [0.4, 0.5) is 4.79 Å². The summed E-state index contributed by atoms with van der Waals surface area (Å²) in [6.45, 7) is 10.3. The van der Waals surface area contributed by atoms with Gasteiger partial charge in [-0.2, -0.15) is 0 Å². The van der Waals surface area contributed by atoms with Gasteiger partial charge < -0.3 is 9.80 Å². The average Bonchev–Trinajstić information content (AvgIpc) is 2.96. The third kappa shape index (κ3) is 4.73. The number of carbonyl (C=O) groups is 2.